The summed E-state index contributed by atoms with van der Waals surface area (Å²) in [7, 11) is -1.90. The molecule has 1 atom stereocenters. The van der Waals surface area contributed by atoms with Crippen molar-refractivity contribution in [3.63, 3.8) is 0 Å². The zero-order valence-electron chi connectivity index (χ0n) is 17.2. The van der Waals surface area contributed by atoms with Gasteiger partial charge < -0.3 is 14.0 Å². The Kier molecular flexibility index (Phi) is 6.03. The molecule has 0 radical (unpaired) electrons. The average molecular weight is 431 g/mol. The lowest BCUT2D eigenvalue weighted by atomic mass is 10.1. The molecule has 0 spiro atoms. The molecule has 1 saturated heterocycles. The molecular weight excluding hydrogens is 404 g/mol. The van der Waals surface area contributed by atoms with Crippen LogP contribution in [0.3, 0.4) is 0 Å². The molecule has 0 amide bonds. The summed E-state index contributed by atoms with van der Waals surface area (Å²) in [5.41, 5.74) is 1.81. The van der Waals surface area contributed by atoms with Crippen LogP contribution in [0.15, 0.2) is 47.6 Å². The van der Waals surface area contributed by atoms with Gasteiger partial charge in [0.2, 0.25) is 10.0 Å². The first-order chi connectivity index (χ1) is 14.5. The molecule has 0 saturated carbocycles. The fourth-order valence-corrected chi connectivity index (χ4v) is 5.40. The molecule has 160 valence electrons. The van der Waals surface area contributed by atoms with E-state index in [2.05, 4.69) is 9.55 Å². The van der Waals surface area contributed by atoms with Crippen molar-refractivity contribution in [1.82, 2.24) is 18.8 Å². The van der Waals surface area contributed by atoms with Crippen molar-refractivity contribution in [2.45, 2.75) is 30.7 Å². The van der Waals surface area contributed by atoms with Crippen molar-refractivity contribution in [2.24, 2.45) is 0 Å². The van der Waals surface area contributed by atoms with E-state index in [4.69, 9.17) is 14.5 Å². The zero-order chi connectivity index (χ0) is 21.1. The van der Waals surface area contributed by atoms with Gasteiger partial charge in [-0.3, -0.25) is 4.98 Å². The van der Waals surface area contributed by atoms with Crippen LogP contribution in [-0.4, -0.2) is 60.7 Å². The molecule has 8 nitrogen and oxygen atoms in total. The lowest BCUT2D eigenvalue weighted by molar-refractivity contribution is 0.187. The van der Waals surface area contributed by atoms with Crippen molar-refractivity contribution in [3.05, 3.63) is 48.5 Å². The third kappa shape index (κ3) is 3.92. The van der Waals surface area contributed by atoms with Crippen molar-refractivity contribution < 1.29 is 17.9 Å². The van der Waals surface area contributed by atoms with Crippen LogP contribution in [0.1, 0.15) is 25.1 Å². The number of pyridine rings is 1. The minimum absolute atomic E-state index is 0.0201. The molecule has 1 fully saturated rings. The molecule has 2 aromatic heterocycles. The lowest BCUT2D eigenvalue weighted by Gasteiger charge is -2.17. The molecule has 0 aliphatic carbocycles. The van der Waals surface area contributed by atoms with Gasteiger partial charge in [-0.25, -0.2) is 13.4 Å². The van der Waals surface area contributed by atoms with Gasteiger partial charge in [-0.2, -0.15) is 4.31 Å². The molecule has 0 N–H and O–H groups in total. The predicted molar refractivity (Wildman–Crippen MR) is 113 cm³/mol. The average Bonchev–Trinajstić information content (AvgIpc) is 3.38. The van der Waals surface area contributed by atoms with Gasteiger partial charge >= 0.3 is 0 Å². The zero-order valence-corrected chi connectivity index (χ0v) is 18.0. The summed E-state index contributed by atoms with van der Waals surface area (Å²) < 4.78 is 40.6. The standard InChI is InChI=1S/C21H26N4O4S/c1-3-29-17-4-6-18(7-5-17)30(26,27)24-11-9-16(15-24)21-23-19-8-10-22-14-20(19)25(21)12-13-28-2/h4-8,10,14,16H,3,9,11-13,15H2,1-2H3. The minimum atomic E-state index is -3.57. The Hall–Kier alpha value is -2.49. The molecule has 3 heterocycles. The van der Waals surface area contributed by atoms with E-state index in [1.165, 1.54) is 0 Å². The summed E-state index contributed by atoms with van der Waals surface area (Å²) in [6, 6.07) is 8.48. The normalized spacial score (nSPS) is 17.6. The second kappa shape index (κ2) is 8.71. The highest BCUT2D eigenvalue weighted by molar-refractivity contribution is 7.89. The maximum absolute atomic E-state index is 13.1. The Bertz CT molecular complexity index is 1110. The number of aromatic nitrogens is 3. The Labute approximate surface area is 176 Å². The number of hydrogen-bond donors (Lipinski definition) is 0. The molecule has 1 unspecified atom stereocenters. The van der Waals surface area contributed by atoms with Gasteiger partial charge in [0.05, 0.1) is 35.3 Å². The highest BCUT2D eigenvalue weighted by atomic mass is 32.2. The van der Waals surface area contributed by atoms with Gasteiger partial charge in [-0.1, -0.05) is 0 Å². The highest BCUT2D eigenvalue weighted by Crippen LogP contribution is 2.32. The van der Waals surface area contributed by atoms with Crippen LogP contribution < -0.4 is 4.74 Å². The topological polar surface area (TPSA) is 86.6 Å². The van der Waals surface area contributed by atoms with E-state index in [0.717, 1.165) is 23.3 Å². The first-order valence-corrected chi connectivity index (χ1v) is 11.5. The van der Waals surface area contributed by atoms with E-state index in [9.17, 15) is 8.42 Å². The molecular formula is C21H26N4O4S. The highest BCUT2D eigenvalue weighted by Gasteiger charge is 2.35. The van der Waals surface area contributed by atoms with Crippen molar-refractivity contribution in [3.8, 4) is 5.75 Å². The Morgan fingerprint density at radius 3 is 2.73 bits per heavy atom. The van der Waals surface area contributed by atoms with E-state index in [1.807, 2.05) is 13.0 Å². The molecule has 1 aliphatic heterocycles. The van der Waals surface area contributed by atoms with Crippen LogP contribution in [0.4, 0.5) is 0 Å². The number of rotatable bonds is 8. The van der Waals surface area contributed by atoms with Gasteiger partial charge in [0, 0.05) is 38.9 Å². The number of methoxy groups -OCH3 is 1. The number of hydrogen-bond acceptors (Lipinski definition) is 6. The van der Waals surface area contributed by atoms with Crippen LogP contribution >= 0.6 is 0 Å². The van der Waals surface area contributed by atoms with Gasteiger partial charge in [-0.05, 0) is 43.7 Å². The van der Waals surface area contributed by atoms with Gasteiger partial charge in [-0.15, -0.1) is 0 Å². The number of sulfonamides is 1. The summed E-state index contributed by atoms with van der Waals surface area (Å²) in [6.45, 7) is 4.50. The van der Waals surface area contributed by atoms with E-state index >= 15 is 0 Å². The van der Waals surface area contributed by atoms with E-state index < -0.39 is 10.0 Å². The quantitative estimate of drug-likeness (QED) is 0.546. The molecule has 30 heavy (non-hydrogen) atoms. The Morgan fingerprint density at radius 1 is 1.20 bits per heavy atom. The van der Waals surface area contributed by atoms with E-state index in [-0.39, 0.29) is 10.8 Å². The maximum atomic E-state index is 13.1. The molecule has 1 aromatic carbocycles. The summed E-state index contributed by atoms with van der Waals surface area (Å²) >= 11 is 0. The monoisotopic (exact) mass is 430 g/mol. The summed E-state index contributed by atoms with van der Waals surface area (Å²) in [6.07, 6.45) is 4.24. The van der Waals surface area contributed by atoms with Crippen LogP contribution in [0, 0.1) is 0 Å². The lowest BCUT2D eigenvalue weighted by Crippen LogP contribution is -2.29. The first-order valence-electron chi connectivity index (χ1n) is 10.1. The number of ether oxygens (including phenoxy) is 2. The third-order valence-electron chi connectivity index (χ3n) is 5.39. The fourth-order valence-electron chi connectivity index (χ4n) is 3.90. The van der Waals surface area contributed by atoms with Gasteiger partial charge in [0.25, 0.3) is 0 Å². The molecule has 4 rings (SSSR count). The molecule has 0 bridgehead atoms. The van der Waals surface area contributed by atoms with E-state index in [1.54, 1.807) is 48.1 Å². The van der Waals surface area contributed by atoms with Gasteiger partial charge in [0.15, 0.2) is 0 Å². The van der Waals surface area contributed by atoms with Crippen molar-refractivity contribution >= 4 is 21.1 Å². The van der Waals surface area contributed by atoms with Crippen molar-refractivity contribution in [2.75, 3.05) is 33.4 Å². The van der Waals surface area contributed by atoms with Crippen LogP contribution in [0.5, 0.6) is 5.75 Å². The maximum Gasteiger partial charge on any atom is 0.243 e. The van der Waals surface area contributed by atoms with E-state index in [0.29, 0.717) is 38.6 Å². The van der Waals surface area contributed by atoms with Crippen LogP contribution in [-0.2, 0) is 21.3 Å². The Balaban J connectivity index is 1.58. The van der Waals surface area contributed by atoms with Gasteiger partial charge in [0.1, 0.15) is 11.6 Å². The molecule has 1 aliphatic rings. The third-order valence-corrected chi connectivity index (χ3v) is 7.27. The number of nitrogens with zero attached hydrogens (tertiary/aromatic N) is 4. The first kappa shape index (κ1) is 20.8. The number of imidazole rings is 1. The van der Waals surface area contributed by atoms with Crippen LogP contribution in [0.25, 0.3) is 11.0 Å². The largest absolute Gasteiger partial charge is 0.494 e. The smallest absolute Gasteiger partial charge is 0.243 e. The molecule has 9 heteroatoms. The number of benzene rings is 1. The van der Waals surface area contributed by atoms with Crippen LogP contribution in [0.2, 0.25) is 0 Å². The predicted octanol–water partition coefficient (Wildman–Crippen LogP) is 2.65. The SMILES string of the molecule is CCOc1ccc(S(=O)(=O)N2CCC(c3nc4ccncc4n3CCOC)C2)cc1. The summed E-state index contributed by atoms with van der Waals surface area (Å²) in [5.74, 6) is 1.57. The summed E-state index contributed by atoms with van der Waals surface area (Å²) in [5, 5.41) is 0. The summed E-state index contributed by atoms with van der Waals surface area (Å²) in [4.78, 5) is 9.30. The molecule has 3 aromatic rings. The minimum Gasteiger partial charge on any atom is -0.494 e. The van der Waals surface area contributed by atoms with Crippen molar-refractivity contribution in [1.29, 1.82) is 0 Å². The second-order valence-corrected chi connectivity index (χ2v) is 9.17. The fraction of sp³-hybridized carbons (Fsp3) is 0.429. The Morgan fingerprint density at radius 2 is 2.00 bits per heavy atom. The second-order valence-electron chi connectivity index (χ2n) is 7.23. The number of fused-ring (bicyclic) bond motifs is 1.